The number of carbonyl (C=O) groups excluding carboxylic acids is 2. The van der Waals surface area contributed by atoms with Gasteiger partial charge in [-0.1, -0.05) is 12.1 Å². The van der Waals surface area contributed by atoms with Crippen LogP contribution in [-0.2, 0) is 28.9 Å². The molecule has 0 aromatic heterocycles. The predicted octanol–water partition coefficient (Wildman–Crippen LogP) is 2.27. The van der Waals surface area contributed by atoms with Crippen molar-refractivity contribution < 1.29 is 27.5 Å². The van der Waals surface area contributed by atoms with Gasteiger partial charge in [-0.25, -0.2) is 13.2 Å². The van der Waals surface area contributed by atoms with Crippen LogP contribution in [0, 0.1) is 0 Å². The molecule has 6 nitrogen and oxygen atoms in total. The number of Topliss-reactive ketones (excluding diaryl/α,β-unsaturated/α-hetero) is 1. The van der Waals surface area contributed by atoms with Crippen molar-refractivity contribution in [3.63, 3.8) is 0 Å². The number of carbonyl (C=O) groups is 2. The average Bonchev–Trinajstić information content (AvgIpc) is 2.99. The fourth-order valence-corrected chi connectivity index (χ4v) is 3.84. The van der Waals surface area contributed by atoms with Gasteiger partial charge in [-0.3, -0.25) is 4.79 Å². The summed E-state index contributed by atoms with van der Waals surface area (Å²) >= 11 is 0. The van der Waals surface area contributed by atoms with Gasteiger partial charge in [-0.2, -0.15) is 0 Å². The van der Waals surface area contributed by atoms with Gasteiger partial charge in [0.2, 0.25) is 5.76 Å². The lowest BCUT2D eigenvalue weighted by atomic mass is 9.92. The Morgan fingerprint density at radius 2 is 1.80 bits per heavy atom. The molecule has 1 fully saturated rings. The van der Waals surface area contributed by atoms with Gasteiger partial charge in [0, 0.05) is 12.7 Å². The Morgan fingerprint density at radius 3 is 2.32 bits per heavy atom. The van der Waals surface area contributed by atoms with Gasteiger partial charge in [0.05, 0.1) is 10.5 Å². The van der Waals surface area contributed by atoms with Crippen molar-refractivity contribution in [2.75, 3.05) is 6.26 Å². The standard InChI is InChI=1S/C18H20O6S/c1-18(2)15(11-7-9-12(10-8-11)25(3,21)22)16(17(20)24-18)23-14-6-4-5-13(14)19/h7-10,14H,4-6H2,1-3H3. The normalized spacial score (nSPS) is 23.1. The zero-order valence-corrected chi connectivity index (χ0v) is 15.2. The van der Waals surface area contributed by atoms with E-state index in [2.05, 4.69) is 0 Å². The van der Waals surface area contributed by atoms with Crippen LogP contribution in [0.1, 0.15) is 38.7 Å². The maximum absolute atomic E-state index is 12.3. The minimum Gasteiger partial charge on any atom is -0.475 e. The number of esters is 1. The summed E-state index contributed by atoms with van der Waals surface area (Å²) in [5.41, 5.74) is 0.224. The highest BCUT2D eigenvalue weighted by Gasteiger charge is 2.44. The van der Waals surface area contributed by atoms with Crippen molar-refractivity contribution in [3.05, 3.63) is 35.6 Å². The number of cyclic esters (lactones) is 1. The average molecular weight is 364 g/mol. The third-order valence-corrected chi connectivity index (χ3v) is 5.57. The minimum absolute atomic E-state index is 0.0169. The third-order valence-electron chi connectivity index (χ3n) is 4.44. The second kappa shape index (κ2) is 5.98. The monoisotopic (exact) mass is 364 g/mol. The first-order valence-corrected chi connectivity index (χ1v) is 9.97. The van der Waals surface area contributed by atoms with E-state index >= 15 is 0 Å². The van der Waals surface area contributed by atoms with Crippen molar-refractivity contribution in [3.8, 4) is 0 Å². The molecule has 25 heavy (non-hydrogen) atoms. The third kappa shape index (κ3) is 3.33. The quantitative estimate of drug-likeness (QED) is 0.762. The van der Waals surface area contributed by atoms with E-state index in [0.29, 0.717) is 24.0 Å². The van der Waals surface area contributed by atoms with E-state index in [4.69, 9.17) is 9.47 Å². The fourth-order valence-electron chi connectivity index (χ4n) is 3.21. The van der Waals surface area contributed by atoms with E-state index in [0.717, 1.165) is 12.7 Å². The maximum atomic E-state index is 12.3. The number of rotatable bonds is 4. The van der Waals surface area contributed by atoms with Crippen molar-refractivity contribution in [1.29, 1.82) is 0 Å². The summed E-state index contributed by atoms with van der Waals surface area (Å²) in [6, 6.07) is 6.20. The fraction of sp³-hybridized carbons (Fsp3) is 0.444. The molecule has 7 heteroatoms. The largest absolute Gasteiger partial charge is 0.475 e. The summed E-state index contributed by atoms with van der Waals surface area (Å²) < 4.78 is 34.4. The van der Waals surface area contributed by atoms with Gasteiger partial charge in [-0.15, -0.1) is 0 Å². The molecule has 2 aliphatic rings. The molecule has 1 saturated carbocycles. The van der Waals surface area contributed by atoms with Crippen LogP contribution in [0.4, 0.5) is 0 Å². The highest BCUT2D eigenvalue weighted by Crippen LogP contribution is 2.41. The number of ketones is 1. The summed E-state index contributed by atoms with van der Waals surface area (Å²) in [4.78, 5) is 24.3. The van der Waals surface area contributed by atoms with Gasteiger partial charge in [0.1, 0.15) is 5.60 Å². The molecule has 3 rings (SSSR count). The van der Waals surface area contributed by atoms with Crippen LogP contribution in [0.25, 0.3) is 5.57 Å². The molecular formula is C18H20O6S. The van der Waals surface area contributed by atoms with Crippen LogP contribution >= 0.6 is 0 Å². The topological polar surface area (TPSA) is 86.7 Å². The van der Waals surface area contributed by atoms with Crippen molar-refractivity contribution in [2.45, 2.75) is 49.7 Å². The second-order valence-corrected chi connectivity index (χ2v) is 8.88. The maximum Gasteiger partial charge on any atom is 0.374 e. The molecule has 0 amide bonds. The Labute approximate surface area is 146 Å². The van der Waals surface area contributed by atoms with Gasteiger partial charge in [-0.05, 0) is 44.4 Å². The SMILES string of the molecule is CC1(C)OC(=O)C(OC2CCCC2=O)=C1c1ccc(S(C)(=O)=O)cc1. The Hall–Kier alpha value is -2.15. The number of sulfone groups is 1. The van der Waals surface area contributed by atoms with Gasteiger partial charge in [0.15, 0.2) is 21.7 Å². The van der Waals surface area contributed by atoms with E-state index < -0.39 is 27.5 Å². The lowest BCUT2D eigenvalue weighted by molar-refractivity contribution is -0.148. The molecular weight excluding hydrogens is 344 g/mol. The highest BCUT2D eigenvalue weighted by molar-refractivity contribution is 7.90. The summed E-state index contributed by atoms with van der Waals surface area (Å²) in [5.74, 6) is -0.582. The van der Waals surface area contributed by atoms with Crippen molar-refractivity contribution in [1.82, 2.24) is 0 Å². The van der Waals surface area contributed by atoms with Crippen LogP contribution in [0.5, 0.6) is 0 Å². The lowest BCUT2D eigenvalue weighted by Gasteiger charge is -2.21. The number of hydrogen-bond acceptors (Lipinski definition) is 6. The van der Waals surface area contributed by atoms with Crippen LogP contribution in [0.2, 0.25) is 0 Å². The zero-order valence-electron chi connectivity index (χ0n) is 14.4. The highest BCUT2D eigenvalue weighted by atomic mass is 32.2. The number of hydrogen-bond donors (Lipinski definition) is 0. The molecule has 0 radical (unpaired) electrons. The first-order valence-electron chi connectivity index (χ1n) is 8.07. The van der Waals surface area contributed by atoms with Crippen LogP contribution < -0.4 is 0 Å². The van der Waals surface area contributed by atoms with E-state index in [1.54, 1.807) is 26.0 Å². The van der Waals surface area contributed by atoms with Crippen LogP contribution in [0.3, 0.4) is 0 Å². The molecule has 1 aliphatic carbocycles. The Morgan fingerprint density at radius 1 is 1.16 bits per heavy atom. The molecule has 0 saturated heterocycles. The number of benzene rings is 1. The van der Waals surface area contributed by atoms with E-state index in [-0.39, 0.29) is 16.4 Å². The molecule has 1 heterocycles. The second-order valence-electron chi connectivity index (χ2n) is 6.87. The van der Waals surface area contributed by atoms with E-state index in [1.807, 2.05) is 0 Å². The molecule has 134 valence electrons. The van der Waals surface area contributed by atoms with Gasteiger partial charge in [0.25, 0.3) is 0 Å². The Balaban J connectivity index is 2.04. The molecule has 1 atom stereocenters. The van der Waals surface area contributed by atoms with Gasteiger partial charge >= 0.3 is 5.97 Å². The van der Waals surface area contributed by atoms with E-state index in [9.17, 15) is 18.0 Å². The lowest BCUT2D eigenvalue weighted by Crippen LogP contribution is -2.22. The van der Waals surface area contributed by atoms with Crippen molar-refractivity contribution >= 4 is 27.2 Å². The minimum atomic E-state index is -3.31. The van der Waals surface area contributed by atoms with Crippen molar-refractivity contribution in [2.24, 2.45) is 0 Å². The molecule has 0 spiro atoms. The predicted molar refractivity (Wildman–Crippen MR) is 90.4 cm³/mol. The Bertz CT molecular complexity index is 861. The molecule has 1 aliphatic heterocycles. The molecule has 1 aromatic carbocycles. The van der Waals surface area contributed by atoms with Crippen LogP contribution in [0.15, 0.2) is 34.9 Å². The summed E-state index contributed by atoms with van der Waals surface area (Å²) in [6.07, 6.45) is 2.29. The first-order chi connectivity index (χ1) is 11.6. The molecule has 0 N–H and O–H groups in total. The smallest absolute Gasteiger partial charge is 0.374 e. The summed E-state index contributed by atoms with van der Waals surface area (Å²) in [7, 11) is -3.31. The van der Waals surface area contributed by atoms with Crippen LogP contribution in [-0.4, -0.2) is 38.1 Å². The first kappa shape index (κ1) is 17.7. The van der Waals surface area contributed by atoms with E-state index in [1.165, 1.54) is 12.1 Å². The molecule has 1 aromatic rings. The Kier molecular flexibility index (Phi) is 4.23. The number of ether oxygens (including phenoxy) is 2. The summed E-state index contributed by atoms with van der Waals surface area (Å²) in [6.45, 7) is 3.47. The summed E-state index contributed by atoms with van der Waals surface area (Å²) in [5, 5.41) is 0. The van der Waals surface area contributed by atoms with Gasteiger partial charge < -0.3 is 9.47 Å². The molecule has 1 unspecified atom stereocenters. The molecule has 0 bridgehead atoms. The zero-order chi connectivity index (χ0) is 18.4.